The molecule has 1 aliphatic carbocycles. The Morgan fingerprint density at radius 2 is 1.96 bits per heavy atom. The zero-order chi connectivity index (χ0) is 19.7. The van der Waals surface area contributed by atoms with E-state index in [1.807, 2.05) is 24.3 Å². The van der Waals surface area contributed by atoms with Crippen molar-refractivity contribution in [3.63, 3.8) is 0 Å². The summed E-state index contributed by atoms with van der Waals surface area (Å²) in [6, 6.07) is 11.1. The van der Waals surface area contributed by atoms with Crippen LogP contribution in [0.1, 0.15) is 32.1 Å². The van der Waals surface area contributed by atoms with Crippen LogP contribution in [0, 0.1) is 11.8 Å². The Balaban J connectivity index is 1.57. The number of carbonyl (C=O) groups excluding carboxylic acids is 2. The normalized spacial score (nSPS) is 22.3. The monoisotopic (exact) mass is 381 g/mol. The molecular weight excluding hydrogens is 358 g/mol. The fourth-order valence-corrected chi connectivity index (χ4v) is 3.73. The molecule has 2 aliphatic rings. The number of amides is 2. The SMILES string of the molecule is CNC(=O)c1cc(C(=O)N[C@H]2[C@@H]3COC[C@@H]32)cc(Cc2cccc(OC)c2)n1. The highest BCUT2D eigenvalue weighted by Gasteiger charge is 2.54. The van der Waals surface area contributed by atoms with E-state index < -0.39 is 0 Å². The fraction of sp³-hybridized carbons (Fsp3) is 0.381. The Hall–Kier alpha value is -2.93. The van der Waals surface area contributed by atoms with Gasteiger partial charge in [0.2, 0.25) is 0 Å². The van der Waals surface area contributed by atoms with Crippen molar-refractivity contribution in [2.24, 2.45) is 11.8 Å². The fourth-order valence-electron chi connectivity index (χ4n) is 3.73. The Kier molecular flexibility index (Phi) is 5.00. The second-order valence-corrected chi connectivity index (χ2v) is 7.20. The van der Waals surface area contributed by atoms with Crippen LogP contribution in [0.15, 0.2) is 36.4 Å². The Labute approximate surface area is 163 Å². The number of ether oxygens (including phenoxy) is 2. The van der Waals surface area contributed by atoms with Crippen molar-refractivity contribution in [1.82, 2.24) is 15.6 Å². The molecule has 1 saturated carbocycles. The number of aromatic nitrogens is 1. The number of nitrogens with zero attached hydrogens (tertiary/aromatic N) is 1. The summed E-state index contributed by atoms with van der Waals surface area (Å²) in [6.07, 6.45) is 0.491. The summed E-state index contributed by atoms with van der Waals surface area (Å²) in [5.41, 5.74) is 2.31. The predicted molar refractivity (Wildman–Crippen MR) is 102 cm³/mol. The standard InChI is InChI=1S/C21H23N3O4/c1-22-21(26)18-9-13(20(25)24-19-16-10-28-11-17(16)19)8-14(23-18)6-12-4-3-5-15(7-12)27-2/h3-5,7-9,16-17,19H,6,10-11H2,1-2H3,(H,22,26)(H,24,25)/t16-,17+,19+. The first-order chi connectivity index (χ1) is 13.6. The maximum Gasteiger partial charge on any atom is 0.269 e. The largest absolute Gasteiger partial charge is 0.497 e. The lowest BCUT2D eigenvalue weighted by Gasteiger charge is -2.11. The van der Waals surface area contributed by atoms with Gasteiger partial charge in [-0.2, -0.15) is 0 Å². The topological polar surface area (TPSA) is 89.6 Å². The van der Waals surface area contributed by atoms with Crippen molar-refractivity contribution in [1.29, 1.82) is 0 Å². The molecule has 7 nitrogen and oxygen atoms in total. The van der Waals surface area contributed by atoms with Crippen molar-refractivity contribution in [3.05, 3.63) is 58.9 Å². The van der Waals surface area contributed by atoms with Gasteiger partial charge in [-0.1, -0.05) is 12.1 Å². The minimum atomic E-state index is -0.321. The highest BCUT2D eigenvalue weighted by molar-refractivity contribution is 5.98. The molecule has 1 aromatic heterocycles. The second kappa shape index (κ2) is 7.59. The minimum Gasteiger partial charge on any atom is -0.497 e. The Bertz CT molecular complexity index is 904. The minimum absolute atomic E-state index is 0.166. The molecule has 4 rings (SSSR count). The van der Waals surface area contributed by atoms with Crippen LogP contribution in [0.5, 0.6) is 5.75 Å². The van der Waals surface area contributed by atoms with E-state index in [2.05, 4.69) is 15.6 Å². The quantitative estimate of drug-likeness (QED) is 0.790. The first kappa shape index (κ1) is 18.4. The molecule has 0 spiro atoms. The lowest BCUT2D eigenvalue weighted by Crippen LogP contribution is -2.30. The smallest absolute Gasteiger partial charge is 0.269 e. The number of nitrogens with one attached hydrogen (secondary N) is 2. The van der Waals surface area contributed by atoms with E-state index >= 15 is 0 Å². The molecule has 28 heavy (non-hydrogen) atoms. The maximum atomic E-state index is 12.8. The summed E-state index contributed by atoms with van der Waals surface area (Å²) >= 11 is 0. The van der Waals surface area contributed by atoms with Gasteiger partial charge in [-0.25, -0.2) is 4.98 Å². The van der Waals surface area contributed by atoms with Crippen LogP contribution in [0.25, 0.3) is 0 Å². The van der Waals surface area contributed by atoms with Gasteiger partial charge in [-0.15, -0.1) is 0 Å². The number of hydrogen-bond acceptors (Lipinski definition) is 5. The highest BCUT2D eigenvalue weighted by atomic mass is 16.5. The molecule has 3 atom stereocenters. The van der Waals surface area contributed by atoms with Crippen molar-refractivity contribution >= 4 is 11.8 Å². The lowest BCUT2D eigenvalue weighted by atomic mass is 10.1. The average Bonchev–Trinajstić information content (AvgIpc) is 3.13. The first-order valence-electron chi connectivity index (χ1n) is 9.33. The molecule has 2 amide bonds. The van der Waals surface area contributed by atoms with Gasteiger partial charge in [-0.05, 0) is 29.8 Å². The van der Waals surface area contributed by atoms with Crippen molar-refractivity contribution in [2.75, 3.05) is 27.4 Å². The number of rotatable bonds is 6. The summed E-state index contributed by atoms with van der Waals surface area (Å²) in [7, 11) is 3.16. The lowest BCUT2D eigenvalue weighted by molar-refractivity contribution is 0.0928. The van der Waals surface area contributed by atoms with Crippen LogP contribution in [-0.4, -0.2) is 50.2 Å². The van der Waals surface area contributed by atoms with Crippen LogP contribution in [0.2, 0.25) is 0 Å². The summed E-state index contributed by atoms with van der Waals surface area (Å²) in [5.74, 6) is 1.08. The molecule has 1 saturated heterocycles. The molecule has 146 valence electrons. The Morgan fingerprint density at radius 1 is 1.18 bits per heavy atom. The van der Waals surface area contributed by atoms with E-state index in [1.54, 1.807) is 20.2 Å². The second-order valence-electron chi connectivity index (χ2n) is 7.20. The summed E-state index contributed by atoms with van der Waals surface area (Å²) in [6.45, 7) is 1.41. The van der Waals surface area contributed by atoms with Gasteiger partial charge in [0.15, 0.2) is 0 Å². The predicted octanol–water partition coefficient (Wildman–Crippen LogP) is 1.42. The van der Waals surface area contributed by atoms with E-state index in [1.165, 1.54) is 6.07 Å². The summed E-state index contributed by atoms with van der Waals surface area (Å²) in [5, 5.41) is 5.64. The molecule has 2 aromatic rings. The van der Waals surface area contributed by atoms with Gasteiger partial charge in [0, 0.05) is 42.6 Å². The third-order valence-electron chi connectivity index (χ3n) is 5.37. The molecule has 7 heteroatoms. The first-order valence-corrected chi connectivity index (χ1v) is 9.33. The van der Waals surface area contributed by atoms with Gasteiger partial charge >= 0.3 is 0 Å². The van der Waals surface area contributed by atoms with Gasteiger partial charge < -0.3 is 20.1 Å². The molecule has 1 aromatic carbocycles. The molecule has 1 aliphatic heterocycles. The molecule has 0 radical (unpaired) electrons. The van der Waals surface area contributed by atoms with E-state index in [9.17, 15) is 9.59 Å². The van der Waals surface area contributed by atoms with Crippen LogP contribution >= 0.6 is 0 Å². The van der Waals surface area contributed by atoms with Crippen LogP contribution in [0.4, 0.5) is 0 Å². The van der Waals surface area contributed by atoms with E-state index in [0.29, 0.717) is 42.7 Å². The maximum absolute atomic E-state index is 12.8. The molecule has 2 N–H and O–H groups in total. The number of benzene rings is 1. The van der Waals surface area contributed by atoms with Crippen molar-refractivity contribution in [2.45, 2.75) is 12.5 Å². The van der Waals surface area contributed by atoms with Crippen LogP contribution < -0.4 is 15.4 Å². The van der Waals surface area contributed by atoms with E-state index in [0.717, 1.165) is 11.3 Å². The number of hydrogen-bond donors (Lipinski definition) is 2. The van der Waals surface area contributed by atoms with Gasteiger partial charge in [0.1, 0.15) is 11.4 Å². The van der Waals surface area contributed by atoms with Crippen LogP contribution in [-0.2, 0) is 11.2 Å². The average molecular weight is 381 g/mol. The zero-order valence-electron chi connectivity index (χ0n) is 15.9. The van der Waals surface area contributed by atoms with E-state index in [-0.39, 0.29) is 23.6 Å². The number of methoxy groups -OCH3 is 1. The molecular formula is C21H23N3O4. The third-order valence-corrected chi connectivity index (χ3v) is 5.37. The van der Waals surface area contributed by atoms with Crippen molar-refractivity contribution in [3.8, 4) is 5.75 Å². The number of fused-ring (bicyclic) bond motifs is 1. The molecule has 2 heterocycles. The van der Waals surface area contributed by atoms with Gasteiger partial charge in [0.05, 0.1) is 20.3 Å². The van der Waals surface area contributed by atoms with Crippen molar-refractivity contribution < 1.29 is 19.1 Å². The summed E-state index contributed by atoms with van der Waals surface area (Å²) < 4.78 is 10.6. The van der Waals surface area contributed by atoms with Gasteiger partial charge in [0.25, 0.3) is 11.8 Å². The van der Waals surface area contributed by atoms with Crippen LogP contribution in [0.3, 0.4) is 0 Å². The number of carbonyl (C=O) groups is 2. The molecule has 2 fully saturated rings. The van der Waals surface area contributed by atoms with Gasteiger partial charge in [-0.3, -0.25) is 9.59 Å². The highest BCUT2D eigenvalue weighted by Crippen LogP contribution is 2.44. The van der Waals surface area contributed by atoms with E-state index in [4.69, 9.17) is 9.47 Å². The number of pyridine rings is 1. The molecule has 0 unspecified atom stereocenters. The zero-order valence-corrected chi connectivity index (χ0v) is 15.9. The Morgan fingerprint density at radius 3 is 2.68 bits per heavy atom. The third kappa shape index (κ3) is 3.71. The summed E-state index contributed by atoms with van der Waals surface area (Å²) in [4.78, 5) is 29.3. The molecule has 0 bridgehead atoms.